The van der Waals surface area contributed by atoms with Crippen molar-refractivity contribution in [2.24, 2.45) is 0 Å². The Morgan fingerprint density at radius 1 is 0.800 bits per heavy atom. The van der Waals surface area contributed by atoms with Crippen LogP contribution in [0.2, 0.25) is 0 Å². The van der Waals surface area contributed by atoms with Gasteiger partial charge in [0.2, 0.25) is 0 Å². The molecule has 0 atom stereocenters. The van der Waals surface area contributed by atoms with Crippen molar-refractivity contribution in [3.8, 4) is 40.1 Å². The van der Waals surface area contributed by atoms with Gasteiger partial charge < -0.3 is 9.47 Å². The normalized spacial score (nSPS) is 10.5. The van der Waals surface area contributed by atoms with E-state index < -0.39 is 0 Å². The van der Waals surface area contributed by atoms with Gasteiger partial charge in [-0.2, -0.15) is 5.26 Å². The summed E-state index contributed by atoms with van der Waals surface area (Å²) in [7, 11) is 3.19. The molecule has 0 aliphatic carbocycles. The highest BCUT2D eigenvalue weighted by Crippen LogP contribution is 2.35. The van der Waals surface area contributed by atoms with Crippen LogP contribution in [0, 0.1) is 32.1 Å². The molecule has 0 bridgehead atoms. The zero-order valence-corrected chi connectivity index (χ0v) is 20.5. The Morgan fingerprint density at radius 2 is 1.34 bits per heavy atom. The number of rotatable bonds is 6. The monoisotopic (exact) mass is 462 g/mol. The number of benzene rings is 3. The van der Waals surface area contributed by atoms with Gasteiger partial charge in [0, 0.05) is 16.7 Å². The first-order chi connectivity index (χ1) is 16.9. The predicted molar refractivity (Wildman–Crippen MR) is 137 cm³/mol. The number of pyridine rings is 1. The van der Waals surface area contributed by atoms with Crippen LogP contribution >= 0.6 is 0 Å². The highest BCUT2D eigenvalue weighted by Gasteiger charge is 2.23. The number of nitrogens with zero attached hydrogens (tertiary/aromatic N) is 2. The standard InChI is InChI=1S/C30H26N2O3/c1-18-14-19(2)27(20(3)15-18)29-26(30(33)22-8-12-25(35-5)13-9-22)16-23(17-31)28(32-29)21-6-10-24(34-4)11-7-21/h6-16H,1-5H3. The lowest BCUT2D eigenvalue weighted by Crippen LogP contribution is -2.09. The van der Waals surface area contributed by atoms with Crippen LogP contribution < -0.4 is 9.47 Å². The summed E-state index contributed by atoms with van der Waals surface area (Å²) in [6.07, 6.45) is 0. The number of methoxy groups -OCH3 is 2. The summed E-state index contributed by atoms with van der Waals surface area (Å²) in [5.74, 6) is 1.18. The third kappa shape index (κ3) is 4.64. The van der Waals surface area contributed by atoms with E-state index in [4.69, 9.17) is 14.5 Å². The molecule has 1 heterocycles. The Kier molecular flexibility index (Phi) is 6.66. The summed E-state index contributed by atoms with van der Waals surface area (Å²) in [4.78, 5) is 18.7. The number of aryl methyl sites for hydroxylation is 3. The Bertz CT molecular complexity index is 1420. The number of hydrogen-bond acceptors (Lipinski definition) is 5. The minimum Gasteiger partial charge on any atom is -0.497 e. The number of hydrogen-bond donors (Lipinski definition) is 0. The van der Waals surface area contributed by atoms with Gasteiger partial charge in [0.15, 0.2) is 5.78 Å². The maximum atomic E-state index is 13.7. The summed E-state index contributed by atoms with van der Waals surface area (Å²) in [5.41, 5.74) is 7.14. The second-order valence-corrected chi connectivity index (χ2v) is 8.45. The van der Waals surface area contributed by atoms with Crippen molar-refractivity contribution in [1.82, 2.24) is 4.98 Å². The second kappa shape index (κ2) is 9.82. The number of ether oxygens (including phenoxy) is 2. The SMILES string of the molecule is COc1ccc(C(=O)c2cc(C#N)c(-c3ccc(OC)cc3)nc2-c2c(C)cc(C)cc2C)cc1. The molecule has 0 N–H and O–H groups in total. The van der Waals surface area contributed by atoms with E-state index in [1.807, 2.05) is 45.0 Å². The molecule has 0 spiro atoms. The first-order valence-electron chi connectivity index (χ1n) is 11.2. The van der Waals surface area contributed by atoms with Crippen molar-refractivity contribution in [1.29, 1.82) is 5.26 Å². The molecular formula is C30H26N2O3. The lowest BCUT2D eigenvalue weighted by molar-refractivity contribution is 0.103. The van der Waals surface area contributed by atoms with Crippen molar-refractivity contribution in [3.63, 3.8) is 0 Å². The Morgan fingerprint density at radius 3 is 1.86 bits per heavy atom. The van der Waals surface area contributed by atoms with E-state index in [-0.39, 0.29) is 5.78 Å². The summed E-state index contributed by atoms with van der Waals surface area (Å²) in [6, 6.07) is 22.4. The molecule has 4 rings (SSSR count). The van der Waals surface area contributed by atoms with Crippen LogP contribution in [0.15, 0.2) is 66.7 Å². The van der Waals surface area contributed by atoms with E-state index in [0.29, 0.717) is 39.6 Å². The Hall–Kier alpha value is -4.43. The van der Waals surface area contributed by atoms with Gasteiger partial charge in [-0.1, -0.05) is 17.7 Å². The average molecular weight is 463 g/mol. The Labute approximate surface area is 205 Å². The Balaban J connectivity index is 1.99. The number of carbonyl (C=O) groups is 1. The molecule has 0 saturated carbocycles. The molecule has 0 fully saturated rings. The molecule has 0 aliphatic rings. The van der Waals surface area contributed by atoms with Gasteiger partial charge >= 0.3 is 0 Å². The van der Waals surface area contributed by atoms with Gasteiger partial charge in [0.05, 0.1) is 36.7 Å². The van der Waals surface area contributed by atoms with Gasteiger partial charge in [-0.3, -0.25) is 4.79 Å². The van der Waals surface area contributed by atoms with Gasteiger partial charge in [-0.25, -0.2) is 4.98 Å². The third-order valence-corrected chi connectivity index (χ3v) is 6.02. The minimum absolute atomic E-state index is 0.202. The molecule has 0 radical (unpaired) electrons. The van der Waals surface area contributed by atoms with Crippen molar-refractivity contribution >= 4 is 5.78 Å². The number of aromatic nitrogens is 1. The van der Waals surface area contributed by atoms with Crippen molar-refractivity contribution in [2.75, 3.05) is 14.2 Å². The van der Waals surface area contributed by atoms with Gasteiger partial charge in [-0.15, -0.1) is 0 Å². The van der Waals surface area contributed by atoms with E-state index >= 15 is 0 Å². The predicted octanol–water partition coefficient (Wildman–Crippen LogP) is 6.46. The lowest BCUT2D eigenvalue weighted by Gasteiger charge is -2.17. The first kappa shape index (κ1) is 23.7. The fraction of sp³-hybridized carbons (Fsp3) is 0.167. The maximum absolute atomic E-state index is 13.7. The zero-order valence-electron chi connectivity index (χ0n) is 20.5. The minimum atomic E-state index is -0.202. The fourth-order valence-electron chi connectivity index (χ4n) is 4.38. The van der Waals surface area contributed by atoms with Crippen LogP contribution in [0.1, 0.15) is 38.2 Å². The van der Waals surface area contributed by atoms with E-state index in [1.54, 1.807) is 44.6 Å². The molecule has 4 aromatic rings. The first-order valence-corrected chi connectivity index (χ1v) is 11.2. The fourth-order valence-corrected chi connectivity index (χ4v) is 4.38. The molecular weight excluding hydrogens is 436 g/mol. The van der Waals surface area contributed by atoms with Crippen LogP contribution in [0.25, 0.3) is 22.5 Å². The van der Waals surface area contributed by atoms with Crippen molar-refractivity contribution in [2.45, 2.75) is 20.8 Å². The lowest BCUT2D eigenvalue weighted by atomic mass is 9.90. The number of carbonyl (C=O) groups excluding carboxylic acids is 1. The average Bonchev–Trinajstić information content (AvgIpc) is 2.87. The second-order valence-electron chi connectivity index (χ2n) is 8.45. The smallest absolute Gasteiger partial charge is 0.195 e. The molecule has 5 heteroatoms. The quantitative estimate of drug-likeness (QED) is 0.308. The molecule has 5 nitrogen and oxygen atoms in total. The maximum Gasteiger partial charge on any atom is 0.195 e. The molecule has 35 heavy (non-hydrogen) atoms. The third-order valence-electron chi connectivity index (χ3n) is 6.02. The largest absolute Gasteiger partial charge is 0.497 e. The van der Waals surface area contributed by atoms with Crippen molar-refractivity contribution in [3.05, 3.63) is 100 Å². The van der Waals surface area contributed by atoms with Gasteiger partial charge in [0.1, 0.15) is 17.6 Å². The van der Waals surface area contributed by atoms with E-state index in [1.165, 1.54) is 0 Å². The molecule has 0 aliphatic heterocycles. The van der Waals surface area contributed by atoms with Crippen LogP contribution in [0.5, 0.6) is 11.5 Å². The highest BCUT2D eigenvalue weighted by atomic mass is 16.5. The van der Waals surface area contributed by atoms with Crippen molar-refractivity contribution < 1.29 is 14.3 Å². The topological polar surface area (TPSA) is 72.2 Å². The van der Waals surface area contributed by atoms with E-state index in [9.17, 15) is 10.1 Å². The number of nitriles is 1. The van der Waals surface area contributed by atoms with Gasteiger partial charge in [-0.05, 0) is 86.5 Å². The highest BCUT2D eigenvalue weighted by molar-refractivity contribution is 6.13. The summed E-state index contributed by atoms with van der Waals surface area (Å²) >= 11 is 0. The van der Waals surface area contributed by atoms with Crippen LogP contribution in [-0.2, 0) is 0 Å². The van der Waals surface area contributed by atoms with E-state index in [0.717, 1.165) is 27.8 Å². The molecule has 174 valence electrons. The molecule has 3 aromatic carbocycles. The summed E-state index contributed by atoms with van der Waals surface area (Å²) in [6.45, 7) is 6.08. The zero-order chi connectivity index (χ0) is 25.1. The van der Waals surface area contributed by atoms with Crippen LogP contribution in [0.3, 0.4) is 0 Å². The molecule has 0 amide bonds. The summed E-state index contributed by atoms with van der Waals surface area (Å²) in [5, 5.41) is 9.99. The van der Waals surface area contributed by atoms with Gasteiger partial charge in [0.25, 0.3) is 0 Å². The van der Waals surface area contributed by atoms with Crippen LogP contribution in [-0.4, -0.2) is 25.0 Å². The molecule has 0 saturated heterocycles. The molecule has 1 aromatic heterocycles. The van der Waals surface area contributed by atoms with E-state index in [2.05, 4.69) is 18.2 Å². The van der Waals surface area contributed by atoms with Crippen LogP contribution in [0.4, 0.5) is 0 Å². The molecule has 0 unspecified atom stereocenters. The summed E-state index contributed by atoms with van der Waals surface area (Å²) < 4.78 is 10.5. The number of ketones is 1.